The van der Waals surface area contributed by atoms with Crippen molar-refractivity contribution in [3.8, 4) is 0 Å². The van der Waals surface area contributed by atoms with E-state index in [9.17, 15) is 9.59 Å². The number of aromatic amines is 1. The fourth-order valence-corrected chi connectivity index (χ4v) is 3.75. The number of H-pyrrole nitrogens is 1. The molecule has 34 heavy (non-hydrogen) atoms. The number of ether oxygens (including phenoxy) is 1. The van der Waals surface area contributed by atoms with Crippen molar-refractivity contribution >= 4 is 34.6 Å². The van der Waals surface area contributed by atoms with Gasteiger partial charge in [-0.25, -0.2) is 15.3 Å². The first kappa shape index (κ1) is 23.7. The highest BCUT2D eigenvalue weighted by atomic mass is 16.8. The predicted molar refractivity (Wildman–Crippen MR) is 131 cm³/mol. The number of anilines is 1. The van der Waals surface area contributed by atoms with E-state index in [1.807, 2.05) is 49.4 Å². The normalized spacial score (nSPS) is 16.1. The second kappa shape index (κ2) is 11.6. The highest BCUT2D eigenvalue weighted by Gasteiger charge is 2.15. The van der Waals surface area contributed by atoms with Gasteiger partial charge in [0.05, 0.1) is 11.0 Å². The molecular formula is C26H30N4O4. The van der Waals surface area contributed by atoms with Crippen LogP contribution in [-0.4, -0.2) is 34.7 Å². The molecule has 8 nitrogen and oxygen atoms in total. The van der Waals surface area contributed by atoms with Gasteiger partial charge in [0, 0.05) is 37.6 Å². The number of rotatable bonds is 9. The Morgan fingerprint density at radius 3 is 2.82 bits per heavy atom. The molecule has 1 aliphatic heterocycles. The van der Waals surface area contributed by atoms with Crippen LogP contribution in [0.4, 0.5) is 5.69 Å². The number of nitrogens with zero attached hydrogens (tertiary/aromatic N) is 1. The van der Waals surface area contributed by atoms with Crippen molar-refractivity contribution in [1.82, 2.24) is 15.4 Å². The monoisotopic (exact) mass is 462 g/mol. The molecule has 1 saturated heterocycles. The Hall–Kier alpha value is -3.49. The lowest BCUT2D eigenvalue weighted by Crippen LogP contribution is -2.32. The molecule has 178 valence electrons. The van der Waals surface area contributed by atoms with Gasteiger partial charge in [-0.15, -0.1) is 0 Å². The molecular weight excluding hydrogens is 432 g/mol. The van der Waals surface area contributed by atoms with Gasteiger partial charge < -0.3 is 15.0 Å². The number of carbonyl (C=O) groups excluding carboxylic acids is 2. The topological polar surface area (TPSA) is 105 Å². The summed E-state index contributed by atoms with van der Waals surface area (Å²) in [7, 11) is 0. The number of carbonyl (C=O) groups is 2. The number of hydroxylamine groups is 1. The number of fused-ring (bicyclic) bond motifs is 1. The van der Waals surface area contributed by atoms with E-state index in [4.69, 9.17) is 9.57 Å². The fraction of sp³-hybridized carbons (Fsp3) is 0.346. The summed E-state index contributed by atoms with van der Waals surface area (Å²) in [5.41, 5.74) is 6.92. The lowest BCUT2D eigenvalue weighted by atomic mass is 10.1. The quantitative estimate of drug-likeness (QED) is 0.321. The molecule has 8 heteroatoms. The summed E-state index contributed by atoms with van der Waals surface area (Å²) in [5, 5.41) is 2.91. The number of aromatic nitrogens is 2. The molecule has 0 saturated carbocycles. The Kier molecular flexibility index (Phi) is 8.06. The molecule has 0 bridgehead atoms. The molecule has 0 radical (unpaired) electrons. The summed E-state index contributed by atoms with van der Waals surface area (Å²) in [6, 6.07) is 13.6. The van der Waals surface area contributed by atoms with Crippen LogP contribution in [0.2, 0.25) is 0 Å². The molecule has 1 aromatic heterocycles. The second-order valence-electron chi connectivity index (χ2n) is 8.35. The number of hydrogen-bond donors (Lipinski definition) is 3. The van der Waals surface area contributed by atoms with Gasteiger partial charge in [-0.05, 0) is 54.7 Å². The van der Waals surface area contributed by atoms with E-state index in [-0.39, 0.29) is 18.1 Å². The largest absolute Gasteiger partial charge is 0.350 e. The maximum absolute atomic E-state index is 12.0. The Balaban J connectivity index is 1.30. The fourth-order valence-electron chi connectivity index (χ4n) is 3.75. The van der Waals surface area contributed by atoms with E-state index >= 15 is 0 Å². The van der Waals surface area contributed by atoms with Crippen LogP contribution in [0.3, 0.4) is 0 Å². The second-order valence-corrected chi connectivity index (χ2v) is 8.35. The van der Waals surface area contributed by atoms with E-state index in [2.05, 4.69) is 20.8 Å². The molecule has 2 aromatic carbocycles. The highest BCUT2D eigenvalue weighted by molar-refractivity contribution is 5.93. The van der Waals surface area contributed by atoms with Crippen LogP contribution in [0.5, 0.6) is 0 Å². The minimum atomic E-state index is -0.366. The molecule has 1 fully saturated rings. The smallest absolute Gasteiger partial charge is 0.267 e. The van der Waals surface area contributed by atoms with E-state index in [1.54, 1.807) is 6.08 Å². The van der Waals surface area contributed by atoms with Crippen molar-refractivity contribution in [2.24, 2.45) is 0 Å². The summed E-state index contributed by atoms with van der Waals surface area (Å²) < 4.78 is 5.42. The van der Waals surface area contributed by atoms with Gasteiger partial charge >= 0.3 is 0 Å². The third kappa shape index (κ3) is 6.76. The zero-order chi connectivity index (χ0) is 23.8. The first-order chi connectivity index (χ1) is 16.6. The van der Waals surface area contributed by atoms with E-state index in [1.165, 1.54) is 6.08 Å². The van der Waals surface area contributed by atoms with Crippen molar-refractivity contribution < 1.29 is 19.2 Å². The molecule has 1 aliphatic rings. The third-order valence-electron chi connectivity index (χ3n) is 5.50. The first-order valence-electron chi connectivity index (χ1n) is 11.7. The maximum atomic E-state index is 12.0. The van der Waals surface area contributed by atoms with Crippen LogP contribution in [0.1, 0.15) is 56.0 Å². The molecule has 3 aromatic rings. The van der Waals surface area contributed by atoms with Crippen LogP contribution in [-0.2, 0) is 25.6 Å². The lowest BCUT2D eigenvalue weighted by Gasteiger charge is -2.21. The van der Waals surface area contributed by atoms with Gasteiger partial charge in [-0.2, -0.15) is 0 Å². The van der Waals surface area contributed by atoms with E-state index in [0.717, 1.165) is 59.4 Å². The number of hydrogen-bond acceptors (Lipinski definition) is 5. The lowest BCUT2D eigenvalue weighted by molar-refractivity contribution is -0.198. The van der Waals surface area contributed by atoms with Crippen LogP contribution < -0.4 is 10.8 Å². The van der Waals surface area contributed by atoms with Crippen LogP contribution in [0.15, 0.2) is 48.5 Å². The average Bonchev–Trinajstić information content (AvgIpc) is 3.24. The molecule has 2 heterocycles. The van der Waals surface area contributed by atoms with E-state index in [0.29, 0.717) is 19.4 Å². The van der Waals surface area contributed by atoms with Crippen molar-refractivity contribution in [2.45, 2.75) is 51.7 Å². The molecule has 4 rings (SSSR count). The van der Waals surface area contributed by atoms with Gasteiger partial charge in [0.15, 0.2) is 6.29 Å². The Morgan fingerprint density at radius 1 is 1.21 bits per heavy atom. The highest BCUT2D eigenvalue weighted by Crippen LogP contribution is 2.19. The number of benzene rings is 2. The Bertz CT molecular complexity index is 1150. The van der Waals surface area contributed by atoms with Gasteiger partial charge in [-0.3, -0.25) is 9.59 Å². The number of nitrogens with one attached hydrogen (secondary N) is 3. The van der Waals surface area contributed by atoms with Crippen molar-refractivity contribution in [2.75, 3.05) is 11.9 Å². The molecule has 0 aliphatic carbocycles. The Morgan fingerprint density at radius 2 is 2.06 bits per heavy atom. The minimum Gasteiger partial charge on any atom is -0.350 e. The zero-order valence-corrected chi connectivity index (χ0v) is 19.3. The summed E-state index contributed by atoms with van der Waals surface area (Å²) in [4.78, 5) is 37.0. The first-order valence-corrected chi connectivity index (χ1v) is 11.7. The minimum absolute atomic E-state index is 0.0129. The maximum Gasteiger partial charge on any atom is 0.267 e. The van der Waals surface area contributed by atoms with Gasteiger partial charge in [0.2, 0.25) is 5.91 Å². The van der Waals surface area contributed by atoms with Crippen LogP contribution in [0, 0.1) is 0 Å². The summed E-state index contributed by atoms with van der Waals surface area (Å²) in [6.45, 7) is 2.64. The summed E-state index contributed by atoms with van der Waals surface area (Å²) >= 11 is 0. The molecule has 1 unspecified atom stereocenters. The SMILES string of the molecule is CCCC(=O)Nc1ccc2nc(Cc3ccc(C=CC(=O)NOC4CCCCO4)cc3)[nH]c2c1. The number of amides is 2. The average molecular weight is 463 g/mol. The van der Waals surface area contributed by atoms with Crippen molar-refractivity contribution in [1.29, 1.82) is 0 Å². The van der Waals surface area contributed by atoms with Gasteiger partial charge in [0.25, 0.3) is 5.91 Å². The van der Waals surface area contributed by atoms with Crippen LogP contribution >= 0.6 is 0 Å². The molecule has 2 amide bonds. The molecule has 0 spiro atoms. The third-order valence-corrected chi connectivity index (χ3v) is 5.50. The standard InChI is InChI=1S/C26H30N4O4/c1-2-5-24(31)27-20-12-13-21-22(17-20)29-23(28-21)16-19-9-7-18(8-10-19)11-14-25(32)30-34-26-6-3-4-15-33-26/h7-14,17,26H,2-6,15-16H2,1H3,(H,27,31)(H,28,29)(H,30,32). The van der Waals surface area contributed by atoms with E-state index < -0.39 is 0 Å². The summed E-state index contributed by atoms with van der Waals surface area (Å²) in [6.07, 6.45) is 7.62. The number of imidazole rings is 1. The van der Waals surface area contributed by atoms with Crippen LogP contribution in [0.25, 0.3) is 17.1 Å². The molecule has 1 atom stereocenters. The van der Waals surface area contributed by atoms with Crippen molar-refractivity contribution in [3.63, 3.8) is 0 Å². The Labute approximate surface area is 198 Å². The zero-order valence-electron chi connectivity index (χ0n) is 19.3. The van der Waals surface area contributed by atoms with Gasteiger partial charge in [0.1, 0.15) is 5.82 Å². The van der Waals surface area contributed by atoms with Gasteiger partial charge in [-0.1, -0.05) is 31.2 Å². The summed E-state index contributed by atoms with van der Waals surface area (Å²) in [5.74, 6) is 0.529. The molecule has 3 N–H and O–H groups in total. The van der Waals surface area contributed by atoms with Crippen molar-refractivity contribution in [3.05, 3.63) is 65.5 Å². The predicted octanol–water partition coefficient (Wildman–Crippen LogP) is 4.48.